The molecule has 1 aromatic heterocycles. The summed E-state index contributed by atoms with van der Waals surface area (Å²) < 4.78 is 1.44. The lowest BCUT2D eigenvalue weighted by molar-refractivity contribution is -0.132. The van der Waals surface area contributed by atoms with E-state index < -0.39 is 0 Å². The first-order valence-electron chi connectivity index (χ1n) is 7.18. The van der Waals surface area contributed by atoms with Gasteiger partial charge >= 0.3 is 0 Å². The molecule has 3 heterocycles. The van der Waals surface area contributed by atoms with E-state index in [0.717, 1.165) is 37.3 Å². The zero-order valence-electron chi connectivity index (χ0n) is 11.2. The van der Waals surface area contributed by atoms with Crippen LogP contribution in [0.1, 0.15) is 30.9 Å². The molecule has 0 N–H and O–H groups in total. The van der Waals surface area contributed by atoms with E-state index in [1.165, 1.54) is 10.9 Å². The molecular formula is C14H17N3O2S. The molecule has 1 saturated carbocycles. The quantitative estimate of drug-likeness (QED) is 0.828. The molecular weight excluding hydrogens is 274 g/mol. The normalized spacial score (nSPS) is 28.1. The Kier molecular flexibility index (Phi) is 2.87. The standard InChI is InChI=1S/C14H17N3O2S/c18-13-4-12(9-1-2-9)15-8-16(13)6-14(19)17-5-11-3-10(17)7-20-11/h4,8-11H,1-3,5-7H2. The van der Waals surface area contributed by atoms with E-state index in [1.807, 2.05) is 16.7 Å². The Balaban J connectivity index is 1.48. The zero-order valence-corrected chi connectivity index (χ0v) is 12.0. The topological polar surface area (TPSA) is 55.2 Å². The predicted molar refractivity (Wildman–Crippen MR) is 76.8 cm³/mol. The van der Waals surface area contributed by atoms with Crippen LogP contribution in [-0.2, 0) is 11.3 Å². The molecule has 5 nitrogen and oxygen atoms in total. The summed E-state index contributed by atoms with van der Waals surface area (Å²) in [5, 5.41) is 0.607. The Labute approximate surface area is 121 Å². The number of likely N-dealkylation sites (tertiary alicyclic amines) is 1. The van der Waals surface area contributed by atoms with Crippen molar-refractivity contribution in [3.05, 3.63) is 28.4 Å². The van der Waals surface area contributed by atoms with Gasteiger partial charge in [0.2, 0.25) is 5.91 Å². The van der Waals surface area contributed by atoms with Gasteiger partial charge in [-0.3, -0.25) is 14.2 Å². The van der Waals surface area contributed by atoms with Crippen molar-refractivity contribution in [2.45, 2.75) is 43.0 Å². The molecule has 3 aliphatic rings. The average Bonchev–Trinajstić information content (AvgIpc) is 3.08. The highest BCUT2D eigenvalue weighted by Gasteiger charge is 2.40. The molecule has 106 valence electrons. The number of amides is 1. The molecule has 2 saturated heterocycles. The van der Waals surface area contributed by atoms with Crippen LogP contribution in [0.2, 0.25) is 0 Å². The van der Waals surface area contributed by atoms with Gasteiger partial charge in [-0.2, -0.15) is 11.8 Å². The van der Waals surface area contributed by atoms with Crippen molar-refractivity contribution in [1.82, 2.24) is 14.5 Å². The number of nitrogens with zero attached hydrogens (tertiary/aromatic N) is 3. The lowest BCUT2D eigenvalue weighted by Gasteiger charge is -2.26. The number of aromatic nitrogens is 2. The van der Waals surface area contributed by atoms with Crippen molar-refractivity contribution in [3.63, 3.8) is 0 Å². The zero-order chi connectivity index (χ0) is 13.7. The molecule has 3 fully saturated rings. The van der Waals surface area contributed by atoms with E-state index in [0.29, 0.717) is 17.2 Å². The number of rotatable bonds is 3. The number of carbonyl (C=O) groups excluding carboxylic acids is 1. The van der Waals surface area contributed by atoms with Crippen LogP contribution in [0.5, 0.6) is 0 Å². The van der Waals surface area contributed by atoms with Crippen LogP contribution in [0.15, 0.2) is 17.2 Å². The molecule has 4 rings (SSSR count). The predicted octanol–water partition coefficient (Wildman–Crippen LogP) is 0.837. The van der Waals surface area contributed by atoms with Crippen molar-refractivity contribution >= 4 is 17.7 Å². The van der Waals surface area contributed by atoms with Crippen LogP contribution < -0.4 is 5.56 Å². The van der Waals surface area contributed by atoms with Crippen LogP contribution in [0.25, 0.3) is 0 Å². The molecule has 2 atom stereocenters. The summed E-state index contributed by atoms with van der Waals surface area (Å²) in [5.74, 6) is 1.57. The van der Waals surface area contributed by atoms with Gasteiger partial charge in [0.1, 0.15) is 6.54 Å². The van der Waals surface area contributed by atoms with E-state index in [4.69, 9.17) is 0 Å². The van der Waals surface area contributed by atoms with Crippen LogP contribution >= 0.6 is 11.8 Å². The minimum atomic E-state index is -0.103. The Bertz CT molecular complexity index is 611. The molecule has 2 aliphatic heterocycles. The van der Waals surface area contributed by atoms with Gasteiger partial charge in [-0.15, -0.1) is 0 Å². The van der Waals surface area contributed by atoms with Gasteiger partial charge in [-0.1, -0.05) is 0 Å². The highest BCUT2D eigenvalue weighted by atomic mass is 32.2. The first kappa shape index (κ1) is 12.4. The summed E-state index contributed by atoms with van der Waals surface area (Å²) in [7, 11) is 0. The van der Waals surface area contributed by atoms with E-state index in [-0.39, 0.29) is 18.0 Å². The van der Waals surface area contributed by atoms with Crippen LogP contribution in [0.3, 0.4) is 0 Å². The van der Waals surface area contributed by atoms with Crippen molar-refractivity contribution in [2.24, 2.45) is 0 Å². The van der Waals surface area contributed by atoms with Gasteiger partial charge in [-0.25, -0.2) is 4.98 Å². The summed E-state index contributed by atoms with van der Waals surface area (Å²) in [5.41, 5.74) is 0.782. The van der Waals surface area contributed by atoms with Gasteiger partial charge in [-0.05, 0) is 19.3 Å². The fourth-order valence-electron chi connectivity index (χ4n) is 3.10. The summed E-state index contributed by atoms with van der Waals surface area (Å²) in [6.45, 7) is 0.973. The average molecular weight is 291 g/mol. The molecule has 0 aromatic carbocycles. The largest absolute Gasteiger partial charge is 0.336 e. The summed E-state index contributed by atoms with van der Waals surface area (Å²) in [4.78, 5) is 30.6. The summed E-state index contributed by atoms with van der Waals surface area (Å²) in [6, 6.07) is 1.98. The van der Waals surface area contributed by atoms with Gasteiger partial charge < -0.3 is 4.90 Å². The maximum Gasteiger partial charge on any atom is 0.254 e. The molecule has 2 unspecified atom stereocenters. The van der Waals surface area contributed by atoms with E-state index in [9.17, 15) is 9.59 Å². The molecule has 1 aliphatic carbocycles. The Hall–Kier alpha value is -1.30. The third-order valence-corrected chi connectivity index (χ3v) is 5.81. The van der Waals surface area contributed by atoms with Gasteiger partial charge in [0.05, 0.1) is 12.0 Å². The van der Waals surface area contributed by atoms with Crippen molar-refractivity contribution in [2.75, 3.05) is 12.3 Å². The highest BCUT2D eigenvalue weighted by molar-refractivity contribution is 8.00. The lowest BCUT2D eigenvalue weighted by Crippen LogP contribution is -2.42. The van der Waals surface area contributed by atoms with Gasteiger partial charge in [0, 0.05) is 35.6 Å². The second kappa shape index (κ2) is 4.62. The van der Waals surface area contributed by atoms with Gasteiger partial charge in [0.15, 0.2) is 0 Å². The molecule has 0 spiro atoms. The van der Waals surface area contributed by atoms with Crippen LogP contribution in [-0.4, -0.2) is 43.9 Å². The molecule has 0 radical (unpaired) electrons. The monoisotopic (exact) mass is 291 g/mol. The third-order valence-electron chi connectivity index (χ3n) is 4.42. The van der Waals surface area contributed by atoms with Crippen molar-refractivity contribution in [1.29, 1.82) is 0 Å². The fraction of sp³-hybridized carbons (Fsp3) is 0.643. The van der Waals surface area contributed by atoms with E-state index >= 15 is 0 Å². The number of hydrogen-bond acceptors (Lipinski definition) is 4. The maximum absolute atomic E-state index is 12.3. The number of hydrogen-bond donors (Lipinski definition) is 0. The first-order chi connectivity index (χ1) is 9.70. The smallest absolute Gasteiger partial charge is 0.254 e. The molecule has 2 bridgehead atoms. The van der Waals surface area contributed by atoms with Crippen LogP contribution in [0.4, 0.5) is 0 Å². The number of carbonyl (C=O) groups is 1. The molecule has 1 amide bonds. The second-order valence-corrected chi connectivity index (χ2v) is 7.28. The lowest BCUT2D eigenvalue weighted by atomic mass is 10.2. The van der Waals surface area contributed by atoms with Crippen LogP contribution in [0, 0.1) is 0 Å². The van der Waals surface area contributed by atoms with E-state index in [2.05, 4.69) is 4.98 Å². The Morgan fingerprint density at radius 2 is 2.30 bits per heavy atom. The molecule has 1 aromatic rings. The fourth-order valence-corrected chi connectivity index (χ4v) is 4.54. The summed E-state index contributed by atoms with van der Waals surface area (Å²) in [6.07, 6.45) is 4.91. The minimum Gasteiger partial charge on any atom is -0.336 e. The molecule has 6 heteroatoms. The maximum atomic E-state index is 12.3. The van der Waals surface area contributed by atoms with Gasteiger partial charge in [0.25, 0.3) is 5.56 Å². The first-order valence-corrected chi connectivity index (χ1v) is 8.23. The number of thioether (sulfide) groups is 1. The summed E-state index contributed by atoms with van der Waals surface area (Å²) >= 11 is 1.96. The van der Waals surface area contributed by atoms with E-state index in [1.54, 1.807) is 6.07 Å². The highest BCUT2D eigenvalue weighted by Crippen LogP contribution is 2.38. The SMILES string of the molecule is O=C(Cn1cnc(C2CC2)cc1=O)N1CC2CC1CS2. The van der Waals surface area contributed by atoms with Crippen molar-refractivity contribution < 1.29 is 4.79 Å². The third kappa shape index (κ3) is 2.16. The molecule has 20 heavy (non-hydrogen) atoms. The minimum absolute atomic E-state index is 0.0564. The Morgan fingerprint density at radius 1 is 1.45 bits per heavy atom. The number of fused-ring (bicyclic) bond motifs is 2. The van der Waals surface area contributed by atoms with Crippen molar-refractivity contribution in [3.8, 4) is 0 Å². The Morgan fingerprint density at radius 3 is 2.90 bits per heavy atom. The second-order valence-electron chi connectivity index (χ2n) is 5.95.